The molecule has 2 aliphatic rings. The Morgan fingerprint density at radius 2 is 1.81 bits per heavy atom. The number of hydrogen-bond donors (Lipinski definition) is 4. The number of carbonyl (C=O) groups is 2. The number of carbonyl (C=O) groups excluding carboxylic acids is 2. The fourth-order valence-corrected chi connectivity index (χ4v) is 5.19. The molecule has 0 unspecified atom stereocenters. The molecule has 2 atom stereocenters. The molecular weight excluding hydrogens is 624 g/mol. The summed E-state index contributed by atoms with van der Waals surface area (Å²) in [6, 6.07) is 12.6. The normalized spacial score (nSPS) is 18.5. The van der Waals surface area contributed by atoms with E-state index in [1.54, 1.807) is 0 Å². The smallest absolute Gasteiger partial charge is 0.424 e. The van der Waals surface area contributed by atoms with Gasteiger partial charge in [0.1, 0.15) is 35.0 Å². The lowest BCUT2D eigenvalue weighted by atomic mass is 9.81. The van der Waals surface area contributed by atoms with Crippen LogP contribution in [-0.2, 0) is 15.8 Å². The van der Waals surface area contributed by atoms with Crippen LogP contribution >= 0.6 is 0 Å². The van der Waals surface area contributed by atoms with Crippen molar-refractivity contribution in [2.75, 3.05) is 13.2 Å². The average molecular weight is 653 g/mol. The lowest BCUT2D eigenvalue weighted by Gasteiger charge is -2.31. The number of benzene rings is 2. The van der Waals surface area contributed by atoms with E-state index >= 15 is 0 Å². The average Bonchev–Trinajstić information content (AvgIpc) is 3.79. The summed E-state index contributed by atoms with van der Waals surface area (Å²) < 4.78 is 69.6. The summed E-state index contributed by atoms with van der Waals surface area (Å²) in [6.07, 6.45) is -2.29. The molecule has 1 saturated carbocycles. The Bertz CT molecular complexity index is 1920. The maximum absolute atomic E-state index is 14.8. The van der Waals surface area contributed by atoms with Crippen molar-refractivity contribution in [2.24, 2.45) is 5.73 Å². The number of aromatic amines is 1. The quantitative estimate of drug-likeness (QED) is 0.198. The SMILES string of the molecule is C[C@]1(C(N)=O)COc2c1cc([C@@](O)(CNC(=O)c1ccc(OC3CC3)c(-c3ccc(=O)[nH]c3)c1)C(F)(F)F)nc2-c1ccc(F)cc1. The third-order valence-electron chi connectivity index (χ3n) is 8.29. The number of aliphatic hydroxyl groups is 1. The molecule has 1 fully saturated rings. The van der Waals surface area contributed by atoms with E-state index in [1.807, 2.05) is 0 Å². The number of fused-ring (bicyclic) bond motifs is 1. The number of amides is 2. The molecule has 14 heteroatoms. The molecule has 6 rings (SSSR count). The third kappa shape index (κ3) is 5.91. The molecule has 10 nitrogen and oxygen atoms in total. The number of ether oxygens (including phenoxy) is 2. The van der Waals surface area contributed by atoms with Crippen LogP contribution in [-0.4, -0.2) is 52.3 Å². The lowest BCUT2D eigenvalue weighted by molar-refractivity contribution is -0.265. The molecule has 244 valence electrons. The third-order valence-corrected chi connectivity index (χ3v) is 8.29. The van der Waals surface area contributed by atoms with E-state index in [9.17, 15) is 37.1 Å². The van der Waals surface area contributed by atoms with Gasteiger partial charge in [-0.15, -0.1) is 0 Å². The zero-order valence-electron chi connectivity index (χ0n) is 24.8. The van der Waals surface area contributed by atoms with Crippen molar-refractivity contribution >= 4 is 11.8 Å². The molecule has 0 bridgehead atoms. The van der Waals surface area contributed by atoms with Crippen LogP contribution in [0.4, 0.5) is 17.6 Å². The number of nitrogens with zero attached hydrogens (tertiary/aromatic N) is 1. The van der Waals surface area contributed by atoms with Gasteiger partial charge < -0.3 is 30.6 Å². The molecule has 0 spiro atoms. The molecule has 4 aromatic rings. The first-order valence-corrected chi connectivity index (χ1v) is 14.5. The number of rotatable bonds is 9. The van der Waals surface area contributed by atoms with Crippen molar-refractivity contribution in [1.29, 1.82) is 0 Å². The Morgan fingerprint density at radius 1 is 1.11 bits per heavy atom. The van der Waals surface area contributed by atoms with Crippen molar-refractivity contribution in [3.8, 4) is 33.9 Å². The first-order valence-electron chi connectivity index (χ1n) is 14.5. The number of nitrogens with one attached hydrogen (secondary N) is 2. The summed E-state index contributed by atoms with van der Waals surface area (Å²) in [5.41, 5.74) is -0.265. The number of halogens is 4. The summed E-state index contributed by atoms with van der Waals surface area (Å²) in [7, 11) is 0. The number of pyridine rings is 2. The van der Waals surface area contributed by atoms with E-state index < -0.39 is 47.1 Å². The van der Waals surface area contributed by atoms with Crippen molar-refractivity contribution in [3.05, 3.63) is 99.9 Å². The van der Waals surface area contributed by atoms with Crippen LogP contribution in [0, 0.1) is 5.82 Å². The standard InChI is InChI=1S/C33H28F4N4O6/c1-31(30(38)44)16-46-28-23(31)13-25(41-27(28)17-2-6-20(34)7-3-17)32(45,33(35,36)37)15-40-29(43)18-4-10-24(47-21-8-9-21)22(12-18)19-5-11-26(42)39-14-19/h2-7,10-14,21,45H,8-9,15-16H2,1H3,(H2,38,44)(H,39,42)(H,40,43)/t31-,32-/m0/s1. The van der Waals surface area contributed by atoms with Crippen LogP contribution in [0.2, 0.25) is 0 Å². The Hall–Kier alpha value is -5.24. The van der Waals surface area contributed by atoms with Gasteiger partial charge in [0.25, 0.3) is 5.91 Å². The Balaban J connectivity index is 1.38. The topological polar surface area (TPSA) is 157 Å². The maximum Gasteiger partial charge on any atom is 0.424 e. The van der Waals surface area contributed by atoms with E-state index in [4.69, 9.17) is 15.2 Å². The van der Waals surface area contributed by atoms with Gasteiger partial charge in [-0.3, -0.25) is 14.4 Å². The van der Waals surface area contributed by atoms with Gasteiger partial charge in [-0.05, 0) is 74.4 Å². The number of alkyl halides is 3. The minimum Gasteiger partial charge on any atom is -0.490 e. The second kappa shape index (κ2) is 11.5. The summed E-state index contributed by atoms with van der Waals surface area (Å²) in [4.78, 5) is 44.0. The Morgan fingerprint density at radius 3 is 2.43 bits per heavy atom. The number of hydrogen-bond acceptors (Lipinski definition) is 7. The predicted octanol–water partition coefficient (Wildman–Crippen LogP) is 4.10. The van der Waals surface area contributed by atoms with Gasteiger partial charge in [-0.25, -0.2) is 9.37 Å². The van der Waals surface area contributed by atoms with Crippen molar-refractivity contribution in [2.45, 2.75) is 43.1 Å². The summed E-state index contributed by atoms with van der Waals surface area (Å²) >= 11 is 0. The maximum atomic E-state index is 14.8. The van der Waals surface area contributed by atoms with Gasteiger partial charge in [-0.2, -0.15) is 13.2 Å². The minimum absolute atomic E-state index is 0.0144. The molecular formula is C33H28F4N4O6. The van der Waals surface area contributed by atoms with E-state index in [1.165, 1.54) is 55.6 Å². The van der Waals surface area contributed by atoms with Crippen LogP contribution in [0.15, 0.2) is 71.7 Å². The van der Waals surface area contributed by atoms with Crippen molar-refractivity contribution in [1.82, 2.24) is 15.3 Å². The molecule has 2 aromatic carbocycles. The lowest BCUT2D eigenvalue weighted by Crippen LogP contribution is -2.51. The Labute approximate surface area is 264 Å². The van der Waals surface area contributed by atoms with Crippen molar-refractivity contribution < 1.29 is 41.7 Å². The van der Waals surface area contributed by atoms with Crippen LogP contribution in [0.25, 0.3) is 22.4 Å². The summed E-state index contributed by atoms with van der Waals surface area (Å²) in [5, 5.41) is 13.5. The van der Waals surface area contributed by atoms with Gasteiger partial charge in [0, 0.05) is 40.1 Å². The van der Waals surface area contributed by atoms with Gasteiger partial charge >= 0.3 is 6.18 Å². The van der Waals surface area contributed by atoms with Gasteiger partial charge in [0.2, 0.25) is 17.1 Å². The van der Waals surface area contributed by atoms with Crippen molar-refractivity contribution in [3.63, 3.8) is 0 Å². The fourth-order valence-electron chi connectivity index (χ4n) is 5.19. The molecule has 47 heavy (non-hydrogen) atoms. The van der Waals surface area contributed by atoms with E-state index in [2.05, 4.69) is 15.3 Å². The minimum atomic E-state index is -5.38. The number of aromatic nitrogens is 2. The van der Waals surface area contributed by atoms with Crippen LogP contribution < -0.4 is 26.1 Å². The highest BCUT2D eigenvalue weighted by Crippen LogP contribution is 2.47. The number of H-pyrrole nitrogens is 1. The number of nitrogens with two attached hydrogens (primary N) is 1. The highest BCUT2D eigenvalue weighted by Gasteiger charge is 2.57. The van der Waals surface area contributed by atoms with Gasteiger partial charge in [0.05, 0.1) is 18.3 Å². The zero-order chi connectivity index (χ0) is 33.7. The second-order valence-electron chi connectivity index (χ2n) is 11.7. The molecule has 1 aliphatic carbocycles. The molecule has 2 amide bonds. The highest BCUT2D eigenvalue weighted by atomic mass is 19.4. The first-order chi connectivity index (χ1) is 22.2. The second-order valence-corrected chi connectivity index (χ2v) is 11.7. The van der Waals surface area contributed by atoms with Crippen LogP contribution in [0.3, 0.4) is 0 Å². The summed E-state index contributed by atoms with van der Waals surface area (Å²) in [5.74, 6) is -2.09. The van der Waals surface area contributed by atoms with E-state index in [0.29, 0.717) is 16.9 Å². The van der Waals surface area contributed by atoms with Gasteiger partial charge in [-0.1, -0.05) is 0 Å². The van der Waals surface area contributed by atoms with E-state index in [-0.39, 0.29) is 46.4 Å². The number of primary amides is 1. The molecule has 0 saturated heterocycles. The molecule has 1 aliphatic heterocycles. The molecule has 0 radical (unpaired) electrons. The van der Waals surface area contributed by atoms with Gasteiger partial charge in [0.15, 0.2) is 0 Å². The van der Waals surface area contributed by atoms with Crippen LogP contribution in [0.1, 0.15) is 41.4 Å². The summed E-state index contributed by atoms with van der Waals surface area (Å²) in [6.45, 7) is -0.299. The highest BCUT2D eigenvalue weighted by molar-refractivity contribution is 5.96. The van der Waals surface area contributed by atoms with E-state index in [0.717, 1.165) is 31.0 Å². The van der Waals surface area contributed by atoms with Crippen LogP contribution in [0.5, 0.6) is 11.5 Å². The predicted molar refractivity (Wildman–Crippen MR) is 160 cm³/mol. The zero-order valence-corrected chi connectivity index (χ0v) is 24.8. The monoisotopic (exact) mass is 652 g/mol. The molecule has 3 heterocycles. The fraction of sp³-hybridized carbons (Fsp3) is 0.273. The first kappa shape index (κ1) is 31.7. The largest absolute Gasteiger partial charge is 0.490 e. The molecule has 5 N–H and O–H groups in total. The molecule has 2 aromatic heterocycles. The Kier molecular flexibility index (Phi) is 7.78.